The fourth-order valence-corrected chi connectivity index (χ4v) is 5.01. The summed E-state index contributed by atoms with van der Waals surface area (Å²) in [5.41, 5.74) is 0.268. The normalized spacial score (nSPS) is 20.6. The summed E-state index contributed by atoms with van der Waals surface area (Å²) < 4.78 is 27.2. The van der Waals surface area contributed by atoms with E-state index in [9.17, 15) is 13.2 Å². The Morgan fingerprint density at radius 3 is 2.28 bits per heavy atom. The lowest BCUT2D eigenvalue weighted by molar-refractivity contribution is 0.0664. The lowest BCUT2D eigenvalue weighted by Gasteiger charge is -2.32. The number of carbonyl (C=O) groups excluding carboxylic acids is 1. The number of amides is 1. The number of carbonyl (C=O) groups is 1. The summed E-state index contributed by atoms with van der Waals surface area (Å²) in [7, 11) is -1.56. The molecule has 0 unspecified atom stereocenters. The van der Waals surface area contributed by atoms with Crippen molar-refractivity contribution in [2.24, 2.45) is 0 Å². The highest BCUT2D eigenvalue weighted by atomic mass is 35.5. The lowest BCUT2D eigenvalue weighted by atomic mass is 10.2. The van der Waals surface area contributed by atoms with Gasteiger partial charge < -0.3 is 9.80 Å². The third kappa shape index (κ3) is 4.00. The number of piperazine rings is 1. The van der Waals surface area contributed by atoms with Gasteiger partial charge in [-0.25, -0.2) is 8.42 Å². The summed E-state index contributed by atoms with van der Waals surface area (Å²) in [6, 6.07) is 4.45. The van der Waals surface area contributed by atoms with Crippen molar-refractivity contribution in [3.8, 4) is 0 Å². The van der Waals surface area contributed by atoms with E-state index in [1.54, 1.807) is 4.90 Å². The number of likely N-dealkylation sites (N-methyl/N-ethyl adjacent to an activating group) is 1. The molecule has 2 aliphatic rings. The predicted octanol–water partition coefficient (Wildman–Crippen LogP) is 1.90. The van der Waals surface area contributed by atoms with E-state index in [-0.39, 0.29) is 16.4 Å². The molecule has 1 aromatic carbocycles. The molecular formula is C17H24ClN3O3S. The molecule has 138 valence electrons. The summed E-state index contributed by atoms with van der Waals surface area (Å²) in [5, 5.41) is 0.293. The zero-order chi connectivity index (χ0) is 18.0. The number of halogens is 1. The van der Waals surface area contributed by atoms with Crippen molar-refractivity contribution in [2.75, 3.05) is 46.3 Å². The van der Waals surface area contributed by atoms with Gasteiger partial charge in [-0.2, -0.15) is 4.31 Å². The van der Waals surface area contributed by atoms with Gasteiger partial charge in [0.25, 0.3) is 5.91 Å². The first kappa shape index (κ1) is 18.6. The fourth-order valence-electron chi connectivity index (χ4n) is 3.26. The average molecular weight is 386 g/mol. The van der Waals surface area contributed by atoms with E-state index < -0.39 is 10.0 Å². The number of benzene rings is 1. The van der Waals surface area contributed by atoms with Crippen LogP contribution in [0.4, 0.5) is 0 Å². The van der Waals surface area contributed by atoms with Crippen molar-refractivity contribution in [1.29, 1.82) is 0 Å². The van der Waals surface area contributed by atoms with Gasteiger partial charge >= 0.3 is 0 Å². The van der Waals surface area contributed by atoms with Crippen LogP contribution in [0.2, 0.25) is 5.02 Å². The van der Waals surface area contributed by atoms with Crippen LogP contribution in [0.1, 0.15) is 29.6 Å². The number of rotatable bonds is 3. The highest BCUT2D eigenvalue weighted by molar-refractivity contribution is 7.89. The van der Waals surface area contributed by atoms with Gasteiger partial charge in [-0.15, -0.1) is 0 Å². The molecule has 1 amide bonds. The van der Waals surface area contributed by atoms with E-state index in [0.717, 1.165) is 32.4 Å². The summed E-state index contributed by atoms with van der Waals surface area (Å²) >= 11 is 6.21. The smallest absolute Gasteiger partial charge is 0.255 e. The van der Waals surface area contributed by atoms with E-state index in [2.05, 4.69) is 4.90 Å². The minimum absolute atomic E-state index is 0.149. The largest absolute Gasteiger partial charge is 0.336 e. The SMILES string of the molecule is CN1CCN(C(=O)c2cc(S(=O)(=O)N3CCCCC3)ccc2Cl)CC1. The molecule has 0 saturated carbocycles. The number of nitrogens with zero attached hydrogens (tertiary/aromatic N) is 3. The predicted molar refractivity (Wildman–Crippen MR) is 97.5 cm³/mol. The standard InChI is InChI=1S/C17H24ClN3O3S/c1-19-9-11-20(12-10-19)17(22)15-13-14(5-6-16(15)18)25(23,24)21-7-3-2-4-8-21/h5-6,13H,2-4,7-12H2,1H3. The molecule has 0 bridgehead atoms. The van der Waals surface area contributed by atoms with E-state index in [4.69, 9.17) is 11.6 Å². The fraction of sp³-hybridized carbons (Fsp3) is 0.588. The summed E-state index contributed by atoms with van der Waals surface area (Å²) in [5.74, 6) is -0.200. The van der Waals surface area contributed by atoms with Gasteiger partial charge in [0.2, 0.25) is 10.0 Å². The Morgan fingerprint density at radius 1 is 1.00 bits per heavy atom. The minimum atomic E-state index is -3.58. The van der Waals surface area contributed by atoms with Crippen molar-refractivity contribution in [3.05, 3.63) is 28.8 Å². The highest BCUT2D eigenvalue weighted by Gasteiger charge is 2.28. The van der Waals surface area contributed by atoms with Crippen LogP contribution in [0, 0.1) is 0 Å². The van der Waals surface area contributed by atoms with E-state index in [1.807, 2.05) is 7.05 Å². The Hall–Kier alpha value is -1.15. The number of piperidine rings is 1. The van der Waals surface area contributed by atoms with E-state index in [1.165, 1.54) is 22.5 Å². The molecular weight excluding hydrogens is 362 g/mol. The molecule has 6 nitrogen and oxygen atoms in total. The van der Waals surface area contributed by atoms with Crippen molar-refractivity contribution < 1.29 is 13.2 Å². The Labute approximate surface area is 154 Å². The molecule has 2 aliphatic heterocycles. The van der Waals surface area contributed by atoms with Crippen molar-refractivity contribution in [1.82, 2.24) is 14.1 Å². The van der Waals surface area contributed by atoms with Crippen LogP contribution >= 0.6 is 11.6 Å². The van der Waals surface area contributed by atoms with Gasteiger partial charge in [-0.1, -0.05) is 18.0 Å². The third-order valence-electron chi connectivity index (χ3n) is 4.91. The summed E-state index contributed by atoms with van der Waals surface area (Å²) in [4.78, 5) is 16.8. The zero-order valence-electron chi connectivity index (χ0n) is 14.4. The van der Waals surface area contributed by atoms with Crippen LogP contribution in [-0.4, -0.2) is 74.7 Å². The Bertz CT molecular complexity index is 740. The van der Waals surface area contributed by atoms with Crippen LogP contribution in [0.25, 0.3) is 0 Å². The van der Waals surface area contributed by atoms with Crippen LogP contribution in [0.5, 0.6) is 0 Å². The molecule has 1 aromatic rings. The topological polar surface area (TPSA) is 60.9 Å². The number of sulfonamides is 1. The van der Waals surface area contributed by atoms with Crippen LogP contribution in [0.3, 0.4) is 0 Å². The third-order valence-corrected chi connectivity index (χ3v) is 7.14. The number of hydrogen-bond acceptors (Lipinski definition) is 4. The minimum Gasteiger partial charge on any atom is -0.336 e. The first-order valence-electron chi connectivity index (χ1n) is 8.67. The zero-order valence-corrected chi connectivity index (χ0v) is 16.0. The molecule has 2 heterocycles. The second-order valence-corrected chi connectivity index (χ2v) is 9.05. The molecule has 3 rings (SSSR count). The second kappa shape index (κ2) is 7.61. The maximum Gasteiger partial charge on any atom is 0.255 e. The van der Waals surface area contributed by atoms with E-state index in [0.29, 0.717) is 31.2 Å². The first-order chi connectivity index (χ1) is 11.9. The maximum absolute atomic E-state index is 12.8. The lowest BCUT2D eigenvalue weighted by Crippen LogP contribution is -2.47. The summed E-state index contributed by atoms with van der Waals surface area (Å²) in [6.45, 7) is 3.91. The number of hydrogen-bond donors (Lipinski definition) is 0. The van der Waals surface area contributed by atoms with Crippen molar-refractivity contribution in [2.45, 2.75) is 24.2 Å². The van der Waals surface area contributed by atoms with Gasteiger partial charge in [0.15, 0.2) is 0 Å². The first-order valence-corrected chi connectivity index (χ1v) is 10.5. The molecule has 0 aromatic heterocycles. The molecule has 8 heteroatoms. The van der Waals surface area contributed by atoms with Gasteiger partial charge in [-0.3, -0.25) is 4.79 Å². The molecule has 2 fully saturated rings. The van der Waals surface area contributed by atoms with Crippen LogP contribution in [-0.2, 0) is 10.0 Å². The molecule has 0 spiro atoms. The molecule has 0 radical (unpaired) electrons. The molecule has 0 atom stereocenters. The quantitative estimate of drug-likeness (QED) is 0.797. The van der Waals surface area contributed by atoms with Gasteiger partial charge in [-0.05, 0) is 38.1 Å². The molecule has 25 heavy (non-hydrogen) atoms. The molecule has 2 saturated heterocycles. The van der Waals surface area contributed by atoms with Gasteiger partial charge in [0.1, 0.15) is 0 Å². The van der Waals surface area contributed by atoms with E-state index >= 15 is 0 Å². The monoisotopic (exact) mass is 385 g/mol. The van der Waals surface area contributed by atoms with Crippen LogP contribution < -0.4 is 0 Å². The maximum atomic E-state index is 12.8. The Kier molecular flexibility index (Phi) is 5.68. The second-order valence-electron chi connectivity index (χ2n) is 6.70. The Balaban J connectivity index is 1.86. The van der Waals surface area contributed by atoms with Gasteiger partial charge in [0, 0.05) is 39.3 Å². The van der Waals surface area contributed by atoms with Crippen LogP contribution in [0.15, 0.2) is 23.1 Å². The van der Waals surface area contributed by atoms with Crippen molar-refractivity contribution in [3.63, 3.8) is 0 Å². The summed E-state index contributed by atoms with van der Waals surface area (Å²) in [6.07, 6.45) is 2.81. The van der Waals surface area contributed by atoms with Crippen molar-refractivity contribution >= 4 is 27.5 Å². The molecule has 0 aliphatic carbocycles. The highest BCUT2D eigenvalue weighted by Crippen LogP contribution is 2.26. The molecule has 0 N–H and O–H groups in total. The van der Waals surface area contributed by atoms with Gasteiger partial charge in [0.05, 0.1) is 15.5 Å². The average Bonchev–Trinajstić information content (AvgIpc) is 2.63. The Morgan fingerprint density at radius 2 is 1.64 bits per heavy atom.